The van der Waals surface area contributed by atoms with Crippen molar-refractivity contribution in [2.24, 2.45) is 0 Å². The number of rotatable bonds is 5. The zero-order valence-electron chi connectivity index (χ0n) is 13.8. The lowest BCUT2D eigenvalue weighted by Gasteiger charge is -2.35. The van der Waals surface area contributed by atoms with Crippen LogP contribution in [0.2, 0.25) is 0 Å². The average Bonchev–Trinajstić information content (AvgIpc) is 2.55. The molecule has 0 aliphatic carbocycles. The third kappa shape index (κ3) is 4.45. The lowest BCUT2D eigenvalue weighted by molar-refractivity contribution is -0.121. The first-order chi connectivity index (χ1) is 11.7. The second kappa shape index (κ2) is 7.63. The molecular weight excluding hydrogens is 357 g/mol. The van der Waals surface area contributed by atoms with Gasteiger partial charge in [-0.2, -0.15) is 13.2 Å². The highest BCUT2D eigenvalue weighted by molar-refractivity contribution is 7.92. The molecule has 0 atom stereocenters. The Morgan fingerprint density at radius 1 is 1.24 bits per heavy atom. The van der Waals surface area contributed by atoms with E-state index in [1.165, 1.54) is 18.2 Å². The molecule has 1 saturated heterocycles. The third-order valence-corrected chi connectivity index (χ3v) is 5.67. The maximum absolute atomic E-state index is 12.9. The molecule has 1 amide bonds. The van der Waals surface area contributed by atoms with Crippen molar-refractivity contribution in [2.75, 3.05) is 18.0 Å². The molecule has 1 aromatic carbocycles. The first-order valence-electron chi connectivity index (χ1n) is 8.11. The van der Waals surface area contributed by atoms with Gasteiger partial charge in [-0.05, 0) is 31.4 Å². The number of hydrogen-bond donors (Lipinski definition) is 1. The number of piperidine rings is 1. The van der Waals surface area contributed by atoms with Gasteiger partial charge in [0.2, 0.25) is 5.91 Å². The Morgan fingerprint density at radius 3 is 2.40 bits per heavy atom. The zero-order chi connectivity index (χ0) is 18.7. The summed E-state index contributed by atoms with van der Waals surface area (Å²) in [5, 5.41) is 2.90. The van der Waals surface area contributed by atoms with Gasteiger partial charge in [0.05, 0.1) is 10.6 Å². The average molecular weight is 378 g/mol. The number of sulfone groups is 1. The summed E-state index contributed by atoms with van der Waals surface area (Å²) in [6, 6.07) is 5.11. The normalized spacial score (nSPS) is 16.7. The van der Waals surface area contributed by atoms with Gasteiger partial charge >= 0.3 is 5.51 Å². The Labute approximate surface area is 145 Å². The Morgan fingerprint density at radius 2 is 1.84 bits per heavy atom. The second-order valence-corrected chi connectivity index (χ2v) is 7.91. The first kappa shape index (κ1) is 19.6. The number of hydrogen-bond acceptors (Lipinski definition) is 4. The molecule has 1 aromatic rings. The molecule has 0 radical (unpaired) electrons. The van der Waals surface area contributed by atoms with E-state index in [2.05, 4.69) is 5.32 Å². The highest BCUT2D eigenvalue weighted by atomic mass is 32.2. The molecule has 0 bridgehead atoms. The van der Waals surface area contributed by atoms with Crippen molar-refractivity contribution in [3.8, 4) is 0 Å². The fraction of sp³-hybridized carbons (Fsp3) is 0.562. The maximum Gasteiger partial charge on any atom is 0.501 e. The smallest absolute Gasteiger partial charge is 0.370 e. The molecule has 0 spiro atoms. The number of alkyl halides is 3. The number of nitrogens with one attached hydrogen (secondary N) is 1. The van der Waals surface area contributed by atoms with Crippen LogP contribution in [0, 0.1) is 0 Å². The van der Waals surface area contributed by atoms with Crippen LogP contribution in [0.1, 0.15) is 32.6 Å². The summed E-state index contributed by atoms with van der Waals surface area (Å²) in [6.07, 6.45) is 2.28. The van der Waals surface area contributed by atoms with Crippen LogP contribution in [-0.4, -0.2) is 39.0 Å². The van der Waals surface area contributed by atoms with Gasteiger partial charge in [-0.15, -0.1) is 0 Å². The second-order valence-electron chi connectivity index (χ2n) is 6.00. The van der Waals surface area contributed by atoms with Crippen LogP contribution in [0.5, 0.6) is 0 Å². The van der Waals surface area contributed by atoms with Crippen LogP contribution >= 0.6 is 0 Å². The summed E-state index contributed by atoms with van der Waals surface area (Å²) in [6.45, 7) is 2.66. The van der Waals surface area contributed by atoms with Crippen molar-refractivity contribution >= 4 is 21.4 Å². The summed E-state index contributed by atoms with van der Waals surface area (Å²) in [4.78, 5) is 12.5. The summed E-state index contributed by atoms with van der Waals surface area (Å²) in [7, 11) is -5.41. The number of carbonyl (C=O) groups is 1. The van der Waals surface area contributed by atoms with Gasteiger partial charge in [0.15, 0.2) is 0 Å². The van der Waals surface area contributed by atoms with Gasteiger partial charge in [0.25, 0.3) is 9.84 Å². The molecule has 1 heterocycles. The Balaban J connectivity index is 2.14. The molecule has 0 aromatic heterocycles. The number of benzene rings is 1. The highest BCUT2D eigenvalue weighted by Gasteiger charge is 2.48. The molecular formula is C16H21F3N2O3S. The van der Waals surface area contributed by atoms with Gasteiger partial charge in [-0.3, -0.25) is 4.79 Å². The van der Waals surface area contributed by atoms with Crippen molar-refractivity contribution in [3.63, 3.8) is 0 Å². The number of carbonyl (C=O) groups excluding carboxylic acids is 1. The van der Waals surface area contributed by atoms with Gasteiger partial charge < -0.3 is 10.2 Å². The molecule has 9 heteroatoms. The summed E-state index contributed by atoms with van der Waals surface area (Å²) >= 11 is 0. The summed E-state index contributed by atoms with van der Waals surface area (Å²) in [5.41, 5.74) is -5.28. The molecule has 0 saturated carbocycles. The van der Waals surface area contributed by atoms with E-state index in [-0.39, 0.29) is 17.6 Å². The van der Waals surface area contributed by atoms with Crippen molar-refractivity contribution < 1.29 is 26.4 Å². The van der Waals surface area contributed by atoms with E-state index in [0.29, 0.717) is 32.4 Å². The van der Waals surface area contributed by atoms with E-state index in [1.54, 1.807) is 4.90 Å². The molecule has 1 aliphatic heterocycles. The molecule has 2 rings (SSSR count). The quantitative estimate of drug-likeness (QED) is 0.856. The zero-order valence-corrected chi connectivity index (χ0v) is 14.7. The topological polar surface area (TPSA) is 66.5 Å². The van der Waals surface area contributed by atoms with Gasteiger partial charge in [-0.25, -0.2) is 8.42 Å². The minimum absolute atomic E-state index is 0.0401. The largest absolute Gasteiger partial charge is 0.501 e. The molecule has 140 valence electrons. The standard InChI is InChI=1S/C16H21F3N2O3S/c1-2-5-15(22)20-12-8-10-21(11-9-12)13-6-3-4-7-14(13)25(23,24)16(17,18)19/h3-4,6-7,12H,2,5,8-11H2,1H3,(H,20,22). The fourth-order valence-corrected chi connectivity index (χ4v) is 3.84. The van der Waals surface area contributed by atoms with Crippen LogP contribution in [0.25, 0.3) is 0 Å². The predicted molar refractivity (Wildman–Crippen MR) is 88.0 cm³/mol. The van der Waals surface area contributed by atoms with Gasteiger partial charge in [0, 0.05) is 25.6 Å². The van der Waals surface area contributed by atoms with Crippen molar-refractivity contribution in [3.05, 3.63) is 24.3 Å². The van der Waals surface area contributed by atoms with Crippen LogP contribution in [-0.2, 0) is 14.6 Å². The Hall–Kier alpha value is -1.77. The molecule has 25 heavy (non-hydrogen) atoms. The Kier molecular flexibility index (Phi) is 5.97. The number of para-hydroxylation sites is 1. The number of nitrogens with zero attached hydrogens (tertiary/aromatic N) is 1. The highest BCUT2D eigenvalue weighted by Crippen LogP contribution is 2.36. The van der Waals surface area contributed by atoms with Crippen LogP contribution < -0.4 is 10.2 Å². The molecule has 1 N–H and O–H groups in total. The van der Waals surface area contributed by atoms with E-state index in [0.717, 1.165) is 12.5 Å². The minimum Gasteiger partial charge on any atom is -0.370 e. The van der Waals surface area contributed by atoms with E-state index in [9.17, 15) is 26.4 Å². The fourth-order valence-electron chi connectivity index (χ4n) is 2.86. The number of anilines is 1. The molecule has 1 fully saturated rings. The predicted octanol–water partition coefficient (Wildman–Crippen LogP) is 2.87. The van der Waals surface area contributed by atoms with Crippen LogP contribution in [0.3, 0.4) is 0 Å². The van der Waals surface area contributed by atoms with Crippen molar-refractivity contribution in [1.29, 1.82) is 0 Å². The lowest BCUT2D eigenvalue weighted by atomic mass is 10.0. The van der Waals surface area contributed by atoms with E-state index in [4.69, 9.17) is 0 Å². The minimum atomic E-state index is -5.41. The third-order valence-electron chi connectivity index (χ3n) is 4.14. The van der Waals surface area contributed by atoms with Crippen LogP contribution in [0.4, 0.5) is 18.9 Å². The summed E-state index contributed by atoms with van der Waals surface area (Å²) in [5.74, 6) is -0.0407. The van der Waals surface area contributed by atoms with E-state index < -0.39 is 20.2 Å². The van der Waals surface area contributed by atoms with Crippen molar-refractivity contribution in [2.45, 2.75) is 49.1 Å². The van der Waals surface area contributed by atoms with E-state index in [1.807, 2.05) is 6.92 Å². The van der Waals surface area contributed by atoms with E-state index >= 15 is 0 Å². The Bertz CT molecular complexity index is 712. The maximum atomic E-state index is 12.9. The van der Waals surface area contributed by atoms with Gasteiger partial charge in [-0.1, -0.05) is 19.1 Å². The number of halogens is 3. The lowest BCUT2D eigenvalue weighted by Crippen LogP contribution is -2.45. The van der Waals surface area contributed by atoms with Crippen LogP contribution in [0.15, 0.2) is 29.2 Å². The SMILES string of the molecule is CCCC(=O)NC1CCN(c2ccccc2S(=O)(=O)C(F)(F)F)CC1. The molecule has 5 nitrogen and oxygen atoms in total. The molecule has 1 aliphatic rings. The van der Waals surface area contributed by atoms with Crippen molar-refractivity contribution in [1.82, 2.24) is 5.32 Å². The molecule has 0 unspecified atom stereocenters. The number of amides is 1. The first-order valence-corrected chi connectivity index (χ1v) is 9.60. The van der Waals surface area contributed by atoms with Gasteiger partial charge in [0.1, 0.15) is 0 Å². The summed E-state index contributed by atoms with van der Waals surface area (Å²) < 4.78 is 62.3. The monoisotopic (exact) mass is 378 g/mol.